The predicted molar refractivity (Wildman–Crippen MR) is 93.5 cm³/mol. The zero-order valence-corrected chi connectivity index (χ0v) is 15.4. The van der Waals surface area contributed by atoms with E-state index in [1.54, 1.807) is 0 Å². The number of rotatable bonds is 7. The van der Waals surface area contributed by atoms with E-state index in [4.69, 9.17) is 9.47 Å². The quantitative estimate of drug-likeness (QED) is 0.626. The summed E-state index contributed by atoms with van der Waals surface area (Å²) < 4.78 is 11.0. The lowest BCUT2D eigenvalue weighted by Gasteiger charge is -2.28. The van der Waals surface area contributed by atoms with Crippen LogP contribution in [0.25, 0.3) is 0 Å². The van der Waals surface area contributed by atoms with Crippen molar-refractivity contribution in [3.63, 3.8) is 0 Å². The highest BCUT2D eigenvalue weighted by Gasteiger charge is 2.25. The van der Waals surface area contributed by atoms with Gasteiger partial charge in [-0.1, -0.05) is 38.5 Å². The van der Waals surface area contributed by atoms with E-state index in [1.165, 1.54) is 38.5 Å². The molecule has 0 N–H and O–H groups in total. The normalized spacial score (nSPS) is 22.6. The lowest BCUT2D eigenvalue weighted by Crippen LogP contribution is -2.27. The van der Waals surface area contributed by atoms with Gasteiger partial charge in [-0.15, -0.1) is 0 Å². The van der Waals surface area contributed by atoms with Crippen LogP contribution >= 0.6 is 0 Å². The lowest BCUT2D eigenvalue weighted by molar-refractivity contribution is -0.158. The highest BCUT2D eigenvalue weighted by molar-refractivity contribution is 5.77. The Morgan fingerprint density at radius 3 is 1.38 bits per heavy atom. The van der Waals surface area contributed by atoms with Crippen molar-refractivity contribution in [2.45, 2.75) is 103 Å². The second-order valence-electron chi connectivity index (χ2n) is 7.69. The van der Waals surface area contributed by atoms with Gasteiger partial charge in [0.1, 0.15) is 12.2 Å². The van der Waals surface area contributed by atoms with Crippen molar-refractivity contribution in [3.05, 3.63) is 0 Å². The minimum atomic E-state index is -0.268. The number of carbonyl (C=O) groups excluding carboxylic acids is 2. The molecule has 4 nitrogen and oxygen atoms in total. The molecule has 2 aliphatic carbocycles. The molecule has 0 amide bonds. The molecule has 0 radical (unpaired) electrons. The van der Waals surface area contributed by atoms with Crippen molar-refractivity contribution < 1.29 is 19.1 Å². The van der Waals surface area contributed by atoms with E-state index in [2.05, 4.69) is 0 Å². The highest BCUT2D eigenvalue weighted by Crippen LogP contribution is 2.29. The molecule has 0 aromatic rings. The molecular weight excluding hydrogens is 304 g/mol. The first kappa shape index (κ1) is 19.3. The maximum atomic E-state index is 12.0. The van der Waals surface area contributed by atoms with Gasteiger partial charge >= 0.3 is 11.9 Å². The Bertz CT molecular complexity index is 356. The highest BCUT2D eigenvalue weighted by atomic mass is 16.5. The zero-order valence-electron chi connectivity index (χ0n) is 15.4. The Morgan fingerprint density at radius 2 is 1.04 bits per heavy atom. The van der Waals surface area contributed by atoms with Gasteiger partial charge in [0.15, 0.2) is 0 Å². The molecule has 0 saturated heterocycles. The van der Waals surface area contributed by atoms with Crippen LogP contribution in [-0.4, -0.2) is 24.1 Å². The summed E-state index contributed by atoms with van der Waals surface area (Å²) in [5.74, 6) is 0.438. The van der Waals surface area contributed by atoms with E-state index in [0.717, 1.165) is 25.7 Å². The number of esters is 2. The maximum Gasteiger partial charge on any atom is 0.306 e. The van der Waals surface area contributed by atoms with Crippen LogP contribution in [0, 0.1) is 11.8 Å². The molecule has 4 heteroatoms. The smallest absolute Gasteiger partial charge is 0.306 e. The third-order valence-corrected chi connectivity index (χ3v) is 5.80. The first-order chi connectivity index (χ1) is 11.6. The largest absolute Gasteiger partial charge is 0.462 e. The van der Waals surface area contributed by atoms with Crippen molar-refractivity contribution in [1.82, 2.24) is 0 Å². The van der Waals surface area contributed by atoms with Crippen LogP contribution in [0.5, 0.6) is 0 Å². The number of carbonyl (C=O) groups is 2. The third kappa shape index (κ3) is 6.45. The molecule has 0 heterocycles. The van der Waals surface area contributed by atoms with E-state index in [0.29, 0.717) is 11.8 Å². The maximum absolute atomic E-state index is 12.0. The van der Waals surface area contributed by atoms with Crippen LogP contribution in [-0.2, 0) is 19.1 Å². The summed E-state index contributed by atoms with van der Waals surface area (Å²) in [6.07, 6.45) is 12.3. The number of ether oxygens (including phenoxy) is 2. The van der Waals surface area contributed by atoms with Crippen molar-refractivity contribution in [2.24, 2.45) is 11.8 Å². The summed E-state index contributed by atoms with van der Waals surface area (Å²) in [5.41, 5.74) is 0. The molecule has 138 valence electrons. The van der Waals surface area contributed by atoms with Crippen LogP contribution < -0.4 is 0 Å². The third-order valence-electron chi connectivity index (χ3n) is 5.80. The molecule has 2 rings (SSSR count). The van der Waals surface area contributed by atoms with Crippen LogP contribution in [0.15, 0.2) is 0 Å². The Balaban J connectivity index is 1.62. The van der Waals surface area contributed by atoms with E-state index >= 15 is 0 Å². The molecular formula is C20H34O4. The average molecular weight is 338 g/mol. The minimum absolute atomic E-state index is 0.0324. The summed E-state index contributed by atoms with van der Waals surface area (Å²) in [5, 5.41) is 0. The topological polar surface area (TPSA) is 52.6 Å². The van der Waals surface area contributed by atoms with E-state index in [-0.39, 0.29) is 37.0 Å². The van der Waals surface area contributed by atoms with Gasteiger partial charge in [-0.3, -0.25) is 9.59 Å². The molecule has 24 heavy (non-hydrogen) atoms. The summed E-state index contributed by atoms with van der Waals surface area (Å²) in [4.78, 5) is 23.9. The molecule has 2 saturated carbocycles. The fourth-order valence-electron chi connectivity index (χ4n) is 4.14. The summed E-state index contributed by atoms with van der Waals surface area (Å²) in [6.45, 7) is 3.97. The van der Waals surface area contributed by atoms with Crippen LogP contribution in [0.1, 0.15) is 90.9 Å². The van der Waals surface area contributed by atoms with Crippen LogP contribution in [0.2, 0.25) is 0 Å². The van der Waals surface area contributed by atoms with Gasteiger partial charge in [0.25, 0.3) is 0 Å². The predicted octanol–water partition coefficient (Wildman–Crippen LogP) is 4.79. The van der Waals surface area contributed by atoms with Gasteiger partial charge in [-0.2, -0.15) is 0 Å². The molecule has 2 unspecified atom stereocenters. The van der Waals surface area contributed by atoms with Gasteiger partial charge in [0.05, 0.1) is 12.8 Å². The van der Waals surface area contributed by atoms with Crippen LogP contribution in [0.3, 0.4) is 0 Å². The molecule has 2 aliphatic rings. The minimum Gasteiger partial charge on any atom is -0.462 e. The fourth-order valence-corrected chi connectivity index (χ4v) is 4.14. The van der Waals surface area contributed by atoms with E-state index < -0.39 is 0 Å². The van der Waals surface area contributed by atoms with Crippen molar-refractivity contribution >= 4 is 11.9 Å². The Hall–Kier alpha value is -1.06. The SMILES string of the molecule is CC(OC(=O)CCC(=O)OC(C)C1CCCCC1)C1CCCCC1. The average Bonchev–Trinajstić information content (AvgIpc) is 2.61. The standard InChI is InChI=1S/C20H34O4/c1-15(17-9-5-3-6-10-17)23-19(21)13-14-20(22)24-16(2)18-11-7-4-8-12-18/h15-18H,3-14H2,1-2H3. The molecule has 0 aromatic carbocycles. The fraction of sp³-hybridized carbons (Fsp3) is 0.900. The zero-order chi connectivity index (χ0) is 17.4. The molecule has 0 spiro atoms. The second-order valence-corrected chi connectivity index (χ2v) is 7.69. The molecule has 0 aromatic heterocycles. The lowest BCUT2D eigenvalue weighted by atomic mass is 9.86. The molecule has 2 fully saturated rings. The van der Waals surface area contributed by atoms with Gasteiger partial charge in [-0.25, -0.2) is 0 Å². The van der Waals surface area contributed by atoms with Gasteiger partial charge in [0, 0.05) is 0 Å². The molecule has 0 aliphatic heterocycles. The van der Waals surface area contributed by atoms with Gasteiger partial charge in [0.2, 0.25) is 0 Å². The Labute approximate surface area is 146 Å². The van der Waals surface area contributed by atoms with E-state index in [1.807, 2.05) is 13.8 Å². The molecule has 0 bridgehead atoms. The number of hydrogen-bond donors (Lipinski definition) is 0. The monoisotopic (exact) mass is 338 g/mol. The summed E-state index contributed by atoms with van der Waals surface area (Å²) >= 11 is 0. The Morgan fingerprint density at radius 1 is 0.708 bits per heavy atom. The summed E-state index contributed by atoms with van der Waals surface area (Å²) in [6, 6.07) is 0. The summed E-state index contributed by atoms with van der Waals surface area (Å²) in [7, 11) is 0. The van der Waals surface area contributed by atoms with Gasteiger partial charge in [-0.05, 0) is 51.4 Å². The Kier molecular flexibility index (Phi) is 8.07. The molecule has 2 atom stereocenters. The van der Waals surface area contributed by atoms with Crippen molar-refractivity contribution in [2.75, 3.05) is 0 Å². The van der Waals surface area contributed by atoms with Crippen LogP contribution in [0.4, 0.5) is 0 Å². The first-order valence-corrected chi connectivity index (χ1v) is 9.95. The second kappa shape index (κ2) is 10.0. The first-order valence-electron chi connectivity index (χ1n) is 9.95. The van der Waals surface area contributed by atoms with Crippen molar-refractivity contribution in [1.29, 1.82) is 0 Å². The van der Waals surface area contributed by atoms with Gasteiger partial charge < -0.3 is 9.47 Å². The van der Waals surface area contributed by atoms with Crippen molar-refractivity contribution in [3.8, 4) is 0 Å². The number of hydrogen-bond acceptors (Lipinski definition) is 4. The van der Waals surface area contributed by atoms with E-state index in [9.17, 15) is 9.59 Å².